The maximum Gasteiger partial charge on any atom is 0.268 e. The zero-order valence-electron chi connectivity index (χ0n) is 9.32. The van der Waals surface area contributed by atoms with Crippen LogP contribution in [-0.4, -0.2) is 10.9 Å². The van der Waals surface area contributed by atoms with Gasteiger partial charge in [0.15, 0.2) is 3.95 Å². The first-order chi connectivity index (χ1) is 8.15. The van der Waals surface area contributed by atoms with Gasteiger partial charge in [-0.1, -0.05) is 29.8 Å². The van der Waals surface area contributed by atoms with Crippen LogP contribution in [0.3, 0.4) is 0 Å². The highest BCUT2D eigenvalue weighted by Gasteiger charge is 2.06. The van der Waals surface area contributed by atoms with Crippen LogP contribution in [0.2, 0.25) is 0 Å². The molecule has 1 aromatic carbocycles. The number of aryl methyl sites for hydroxylation is 1. The third-order valence-corrected chi connectivity index (χ3v) is 3.40. The molecule has 0 aliphatic carbocycles. The molecule has 0 bridgehead atoms. The van der Waals surface area contributed by atoms with Gasteiger partial charge in [-0.25, -0.2) is 0 Å². The minimum Gasteiger partial charge on any atom is -0.347 e. The SMILES string of the molecule is Cc1ccc(CNC(=O)c2csc(=S)[nH]2)cc1. The Balaban J connectivity index is 1.96. The lowest BCUT2D eigenvalue weighted by molar-refractivity contribution is 0.0946. The van der Waals surface area contributed by atoms with E-state index in [0.717, 1.165) is 5.56 Å². The van der Waals surface area contributed by atoms with Crippen LogP contribution >= 0.6 is 23.6 Å². The molecule has 0 atom stereocenters. The molecule has 0 spiro atoms. The van der Waals surface area contributed by atoms with Crippen LogP contribution in [0.4, 0.5) is 0 Å². The van der Waals surface area contributed by atoms with Gasteiger partial charge < -0.3 is 10.3 Å². The minimum absolute atomic E-state index is 0.127. The van der Waals surface area contributed by atoms with E-state index in [2.05, 4.69) is 10.3 Å². The summed E-state index contributed by atoms with van der Waals surface area (Å²) in [5.74, 6) is -0.127. The molecule has 0 unspecified atom stereocenters. The van der Waals surface area contributed by atoms with Crippen LogP contribution in [-0.2, 0) is 6.54 Å². The lowest BCUT2D eigenvalue weighted by atomic mass is 10.1. The number of aromatic amines is 1. The molecule has 2 N–H and O–H groups in total. The average Bonchev–Trinajstić information content (AvgIpc) is 2.75. The van der Waals surface area contributed by atoms with Gasteiger partial charge in [0, 0.05) is 11.9 Å². The quantitative estimate of drug-likeness (QED) is 0.837. The Morgan fingerprint density at radius 1 is 1.41 bits per heavy atom. The second-order valence-corrected chi connectivity index (χ2v) is 5.28. The van der Waals surface area contributed by atoms with Crippen molar-refractivity contribution < 1.29 is 4.79 Å². The second kappa shape index (κ2) is 5.25. The van der Waals surface area contributed by atoms with E-state index < -0.39 is 0 Å². The van der Waals surface area contributed by atoms with Gasteiger partial charge in [-0.3, -0.25) is 4.79 Å². The highest BCUT2D eigenvalue weighted by atomic mass is 32.1. The molecule has 5 heteroatoms. The number of hydrogen-bond acceptors (Lipinski definition) is 3. The summed E-state index contributed by atoms with van der Waals surface area (Å²) in [4.78, 5) is 14.6. The Morgan fingerprint density at radius 2 is 2.12 bits per heavy atom. The van der Waals surface area contributed by atoms with Crippen LogP contribution in [0.25, 0.3) is 0 Å². The molecule has 2 aromatic rings. The van der Waals surface area contributed by atoms with Crippen LogP contribution in [0.15, 0.2) is 29.6 Å². The molecule has 0 aliphatic heterocycles. The van der Waals surface area contributed by atoms with Crippen LogP contribution in [0, 0.1) is 10.9 Å². The van der Waals surface area contributed by atoms with Gasteiger partial charge >= 0.3 is 0 Å². The molecule has 0 saturated carbocycles. The number of nitrogens with one attached hydrogen (secondary N) is 2. The van der Waals surface area contributed by atoms with Crippen LogP contribution in [0.1, 0.15) is 21.6 Å². The van der Waals surface area contributed by atoms with E-state index in [4.69, 9.17) is 12.2 Å². The summed E-state index contributed by atoms with van der Waals surface area (Å²) in [6.07, 6.45) is 0. The zero-order valence-corrected chi connectivity index (χ0v) is 11.0. The molecule has 2 rings (SSSR count). The van der Waals surface area contributed by atoms with Gasteiger partial charge in [0.25, 0.3) is 5.91 Å². The molecular formula is C12H12N2OS2. The number of benzene rings is 1. The van der Waals surface area contributed by atoms with E-state index in [-0.39, 0.29) is 5.91 Å². The molecule has 1 amide bonds. The zero-order chi connectivity index (χ0) is 12.3. The Kier molecular flexibility index (Phi) is 3.71. The summed E-state index contributed by atoms with van der Waals surface area (Å²) >= 11 is 6.28. The summed E-state index contributed by atoms with van der Waals surface area (Å²) < 4.78 is 0.616. The Morgan fingerprint density at radius 3 is 2.71 bits per heavy atom. The summed E-state index contributed by atoms with van der Waals surface area (Å²) in [5, 5.41) is 4.57. The molecule has 0 radical (unpaired) electrons. The largest absolute Gasteiger partial charge is 0.347 e. The third-order valence-electron chi connectivity index (χ3n) is 2.34. The highest BCUT2D eigenvalue weighted by molar-refractivity contribution is 7.73. The van der Waals surface area contributed by atoms with Gasteiger partial charge in [-0.05, 0) is 24.7 Å². The van der Waals surface area contributed by atoms with E-state index in [0.29, 0.717) is 16.2 Å². The predicted molar refractivity (Wildman–Crippen MR) is 71.9 cm³/mol. The van der Waals surface area contributed by atoms with Crippen LogP contribution in [0.5, 0.6) is 0 Å². The molecule has 0 fully saturated rings. The molecule has 0 aliphatic rings. The van der Waals surface area contributed by atoms with Gasteiger partial charge in [0.05, 0.1) is 0 Å². The number of carbonyl (C=O) groups excluding carboxylic acids is 1. The van der Waals surface area contributed by atoms with Crippen molar-refractivity contribution in [2.45, 2.75) is 13.5 Å². The fourth-order valence-corrected chi connectivity index (χ4v) is 2.19. The Bertz CT molecular complexity index is 569. The molecular weight excluding hydrogens is 252 g/mol. The van der Waals surface area contributed by atoms with Crippen molar-refractivity contribution in [3.8, 4) is 0 Å². The van der Waals surface area contributed by atoms with Crippen molar-refractivity contribution >= 4 is 29.5 Å². The van der Waals surface area contributed by atoms with E-state index in [1.807, 2.05) is 31.2 Å². The number of hydrogen-bond donors (Lipinski definition) is 2. The number of thiazole rings is 1. The predicted octanol–water partition coefficient (Wildman–Crippen LogP) is 3.04. The maximum atomic E-state index is 11.7. The summed E-state index contributed by atoms with van der Waals surface area (Å²) in [5.41, 5.74) is 2.81. The normalized spacial score (nSPS) is 10.2. The average molecular weight is 264 g/mol. The number of carbonyl (C=O) groups is 1. The van der Waals surface area contributed by atoms with Gasteiger partial charge in [0.2, 0.25) is 0 Å². The molecule has 3 nitrogen and oxygen atoms in total. The van der Waals surface area contributed by atoms with Crippen molar-refractivity contribution in [3.63, 3.8) is 0 Å². The first kappa shape index (κ1) is 12.0. The Labute approximate surface area is 109 Å². The molecule has 88 valence electrons. The van der Waals surface area contributed by atoms with E-state index >= 15 is 0 Å². The fraction of sp³-hybridized carbons (Fsp3) is 0.167. The summed E-state index contributed by atoms with van der Waals surface area (Å²) in [7, 11) is 0. The first-order valence-corrected chi connectivity index (χ1v) is 6.45. The summed E-state index contributed by atoms with van der Waals surface area (Å²) in [6, 6.07) is 8.07. The molecule has 1 heterocycles. The summed E-state index contributed by atoms with van der Waals surface area (Å²) in [6.45, 7) is 2.56. The van der Waals surface area contributed by atoms with Crippen LogP contribution < -0.4 is 5.32 Å². The lowest BCUT2D eigenvalue weighted by Crippen LogP contribution is -2.22. The number of rotatable bonds is 3. The lowest BCUT2D eigenvalue weighted by Gasteiger charge is -2.04. The monoisotopic (exact) mass is 264 g/mol. The smallest absolute Gasteiger partial charge is 0.268 e. The van der Waals surface area contributed by atoms with Gasteiger partial charge in [-0.2, -0.15) is 0 Å². The van der Waals surface area contributed by atoms with Crippen molar-refractivity contribution in [2.75, 3.05) is 0 Å². The molecule has 17 heavy (non-hydrogen) atoms. The third kappa shape index (κ3) is 3.25. The minimum atomic E-state index is -0.127. The fourth-order valence-electron chi connectivity index (χ4n) is 1.38. The molecule has 1 aromatic heterocycles. The molecule has 0 saturated heterocycles. The van der Waals surface area contributed by atoms with E-state index in [1.54, 1.807) is 5.38 Å². The second-order valence-electron chi connectivity index (χ2n) is 3.73. The maximum absolute atomic E-state index is 11.7. The number of amides is 1. The van der Waals surface area contributed by atoms with Crippen molar-refractivity contribution in [3.05, 3.63) is 50.4 Å². The Hall–Kier alpha value is -1.46. The van der Waals surface area contributed by atoms with Gasteiger partial charge in [-0.15, -0.1) is 11.3 Å². The van der Waals surface area contributed by atoms with Crippen molar-refractivity contribution in [1.29, 1.82) is 0 Å². The van der Waals surface area contributed by atoms with Crippen molar-refractivity contribution in [2.24, 2.45) is 0 Å². The first-order valence-electron chi connectivity index (χ1n) is 5.17. The van der Waals surface area contributed by atoms with E-state index in [9.17, 15) is 4.79 Å². The topological polar surface area (TPSA) is 44.9 Å². The number of aromatic nitrogens is 1. The van der Waals surface area contributed by atoms with E-state index in [1.165, 1.54) is 16.9 Å². The highest BCUT2D eigenvalue weighted by Crippen LogP contribution is 2.06. The number of H-pyrrole nitrogens is 1. The van der Waals surface area contributed by atoms with Gasteiger partial charge in [0.1, 0.15) is 5.69 Å². The standard InChI is InChI=1S/C12H12N2OS2/c1-8-2-4-9(5-3-8)6-13-11(15)10-7-17-12(16)14-10/h2-5,7H,6H2,1H3,(H,13,15)(H,14,16). The van der Waals surface area contributed by atoms with Crippen molar-refractivity contribution in [1.82, 2.24) is 10.3 Å².